The van der Waals surface area contributed by atoms with Gasteiger partial charge in [-0.3, -0.25) is 4.79 Å². The highest BCUT2D eigenvalue weighted by molar-refractivity contribution is 5.83. The van der Waals surface area contributed by atoms with Gasteiger partial charge in [0, 0.05) is 6.42 Å². The third kappa shape index (κ3) is 5.30. The standard InChI is InChI=1S/C10H21NO/c1-5-6-9(12)8(11)7-10(2,3)4/h8H,5-7,11H2,1-4H3/t8-/m0/s1. The van der Waals surface area contributed by atoms with Gasteiger partial charge >= 0.3 is 0 Å². The predicted octanol–water partition coefficient (Wildman–Crippen LogP) is 2.12. The second kappa shape index (κ2) is 4.61. The van der Waals surface area contributed by atoms with Gasteiger partial charge in [0.05, 0.1) is 6.04 Å². The third-order valence-electron chi connectivity index (χ3n) is 1.74. The average molecular weight is 171 g/mol. The molecule has 0 amide bonds. The number of hydrogen-bond donors (Lipinski definition) is 1. The van der Waals surface area contributed by atoms with E-state index in [1.807, 2.05) is 6.92 Å². The Bertz CT molecular complexity index is 146. The lowest BCUT2D eigenvalue weighted by molar-refractivity contribution is -0.120. The zero-order valence-corrected chi connectivity index (χ0v) is 8.68. The maximum absolute atomic E-state index is 11.3. The molecule has 0 unspecified atom stereocenters. The van der Waals surface area contributed by atoms with E-state index < -0.39 is 0 Å². The highest BCUT2D eigenvalue weighted by Crippen LogP contribution is 2.20. The second-order valence-corrected chi connectivity index (χ2v) is 4.59. The van der Waals surface area contributed by atoms with Crippen molar-refractivity contribution in [3.8, 4) is 0 Å². The third-order valence-corrected chi connectivity index (χ3v) is 1.74. The number of carbonyl (C=O) groups excluding carboxylic acids is 1. The Morgan fingerprint density at radius 1 is 1.42 bits per heavy atom. The first-order valence-corrected chi connectivity index (χ1v) is 4.65. The molecule has 0 saturated heterocycles. The number of rotatable bonds is 4. The van der Waals surface area contributed by atoms with E-state index in [1.54, 1.807) is 0 Å². The normalized spacial score (nSPS) is 14.4. The fourth-order valence-electron chi connectivity index (χ4n) is 1.21. The van der Waals surface area contributed by atoms with Crippen molar-refractivity contribution in [3.05, 3.63) is 0 Å². The highest BCUT2D eigenvalue weighted by Gasteiger charge is 2.20. The summed E-state index contributed by atoms with van der Waals surface area (Å²) in [6.07, 6.45) is 2.31. The van der Waals surface area contributed by atoms with E-state index in [-0.39, 0.29) is 17.2 Å². The number of carbonyl (C=O) groups is 1. The van der Waals surface area contributed by atoms with Crippen molar-refractivity contribution >= 4 is 5.78 Å². The molecule has 72 valence electrons. The van der Waals surface area contributed by atoms with Crippen LogP contribution in [0.15, 0.2) is 0 Å². The molecule has 2 heteroatoms. The van der Waals surface area contributed by atoms with Crippen LogP contribution >= 0.6 is 0 Å². The number of nitrogens with two attached hydrogens (primary N) is 1. The Labute approximate surface area is 75.5 Å². The minimum Gasteiger partial charge on any atom is -0.321 e. The van der Waals surface area contributed by atoms with Gasteiger partial charge in [-0.15, -0.1) is 0 Å². The second-order valence-electron chi connectivity index (χ2n) is 4.59. The van der Waals surface area contributed by atoms with Gasteiger partial charge in [-0.25, -0.2) is 0 Å². The molecule has 0 rings (SSSR count). The number of Topliss-reactive ketones (excluding diaryl/α,β-unsaturated/α-hetero) is 1. The van der Waals surface area contributed by atoms with Gasteiger partial charge in [0.25, 0.3) is 0 Å². The molecule has 0 aliphatic carbocycles. The van der Waals surface area contributed by atoms with Crippen molar-refractivity contribution in [2.75, 3.05) is 0 Å². The summed E-state index contributed by atoms with van der Waals surface area (Å²) in [6, 6.07) is -0.259. The van der Waals surface area contributed by atoms with Crippen LogP contribution in [-0.4, -0.2) is 11.8 Å². The fraction of sp³-hybridized carbons (Fsp3) is 0.900. The van der Waals surface area contributed by atoms with E-state index in [1.165, 1.54) is 0 Å². The van der Waals surface area contributed by atoms with E-state index >= 15 is 0 Å². The predicted molar refractivity (Wildman–Crippen MR) is 52.0 cm³/mol. The summed E-state index contributed by atoms with van der Waals surface area (Å²) < 4.78 is 0. The maximum Gasteiger partial charge on any atom is 0.149 e. The monoisotopic (exact) mass is 171 g/mol. The first kappa shape index (κ1) is 11.6. The van der Waals surface area contributed by atoms with Crippen molar-refractivity contribution < 1.29 is 4.79 Å². The number of ketones is 1. The van der Waals surface area contributed by atoms with Gasteiger partial charge in [-0.05, 0) is 18.3 Å². The molecule has 0 aliphatic rings. The lowest BCUT2D eigenvalue weighted by Crippen LogP contribution is -2.34. The molecular formula is C10H21NO. The zero-order valence-electron chi connectivity index (χ0n) is 8.68. The van der Waals surface area contributed by atoms with Gasteiger partial charge in [0.1, 0.15) is 5.78 Å². The van der Waals surface area contributed by atoms with Crippen molar-refractivity contribution in [2.24, 2.45) is 11.1 Å². The summed E-state index contributed by atoms with van der Waals surface area (Å²) in [7, 11) is 0. The quantitative estimate of drug-likeness (QED) is 0.704. The zero-order chi connectivity index (χ0) is 9.78. The Morgan fingerprint density at radius 3 is 2.25 bits per heavy atom. The molecule has 0 bridgehead atoms. The Morgan fingerprint density at radius 2 is 1.92 bits per heavy atom. The lowest BCUT2D eigenvalue weighted by Gasteiger charge is -2.22. The molecule has 0 aromatic heterocycles. The van der Waals surface area contributed by atoms with Crippen LogP contribution in [0.5, 0.6) is 0 Å². The Hall–Kier alpha value is -0.370. The van der Waals surface area contributed by atoms with Crippen LogP contribution in [0.2, 0.25) is 0 Å². The molecule has 12 heavy (non-hydrogen) atoms. The molecular weight excluding hydrogens is 150 g/mol. The molecule has 0 spiro atoms. The first-order chi connectivity index (χ1) is 5.37. The molecule has 0 aliphatic heterocycles. The molecule has 0 fully saturated rings. The molecule has 0 saturated carbocycles. The summed E-state index contributed by atoms with van der Waals surface area (Å²) in [6.45, 7) is 8.31. The van der Waals surface area contributed by atoms with E-state index in [0.717, 1.165) is 12.8 Å². The van der Waals surface area contributed by atoms with E-state index in [0.29, 0.717) is 6.42 Å². The van der Waals surface area contributed by atoms with E-state index in [9.17, 15) is 4.79 Å². The Kier molecular flexibility index (Phi) is 4.46. The molecule has 0 radical (unpaired) electrons. The molecule has 0 aromatic carbocycles. The van der Waals surface area contributed by atoms with Crippen molar-refractivity contribution in [2.45, 2.75) is 53.0 Å². The summed E-state index contributed by atoms with van der Waals surface area (Å²) in [5.41, 5.74) is 5.90. The summed E-state index contributed by atoms with van der Waals surface area (Å²) in [4.78, 5) is 11.3. The van der Waals surface area contributed by atoms with Crippen molar-refractivity contribution in [3.63, 3.8) is 0 Å². The van der Waals surface area contributed by atoms with Crippen LogP contribution in [0, 0.1) is 5.41 Å². The van der Waals surface area contributed by atoms with Crippen molar-refractivity contribution in [1.29, 1.82) is 0 Å². The molecule has 0 aromatic rings. The number of hydrogen-bond acceptors (Lipinski definition) is 2. The van der Waals surface area contributed by atoms with Crippen molar-refractivity contribution in [1.82, 2.24) is 0 Å². The summed E-state index contributed by atoms with van der Waals surface area (Å²) >= 11 is 0. The van der Waals surface area contributed by atoms with Crippen LogP contribution in [0.4, 0.5) is 0 Å². The fourth-order valence-corrected chi connectivity index (χ4v) is 1.21. The smallest absolute Gasteiger partial charge is 0.149 e. The van der Waals surface area contributed by atoms with Gasteiger partial charge in [0.2, 0.25) is 0 Å². The van der Waals surface area contributed by atoms with Crippen LogP contribution in [0.3, 0.4) is 0 Å². The lowest BCUT2D eigenvalue weighted by atomic mass is 9.86. The van der Waals surface area contributed by atoms with Crippen LogP contribution in [0.1, 0.15) is 47.0 Å². The molecule has 1 atom stereocenters. The topological polar surface area (TPSA) is 43.1 Å². The molecule has 2 nitrogen and oxygen atoms in total. The Balaban J connectivity index is 3.87. The van der Waals surface area contributed by atoms with E-state index in [2.05, 4.69) is 20.8 Å². The molecule has 2 N–H and O–H groups in total. The largest absolute Gasteiger partial charge is 0.321 e. The molecule has 0 heterocycles. The highest BCUT2D eigenvalue weighted by atomic mass is 16.1. The minimum atomic E-state index is -0.259. The van der Waals surface area contributed by atoms with Gasteiger partial charge in [-0.1, -0.05) is 27.7 Å². The van der Waals surface area contributed by atoms with Crippen LogP contribution < -0.4 is 5.73 Å². The summed E-state index contributed by atoms with van der Waals surface area (Å²) in [5.74, 6) is 0.201. The van der Waals surface area contributed by atoms with Crippen LogP contribution in [-0.2, 0) is 4.79 Å². The van der Waals surface area contributed by atoms with Gasteiger partial charge in [0.15, 0.2) is 0 Å². The van der Waals surface area contributed by atoms with Crippen LogP contribution in [0.25, 0.3) is 0 Å². The summed E-state index contributed by atoms with van der Waals surface area (Å²) in [5, 5.41) is 0. The average Bonchev–Trinajstić information content (AvgIpc) is 1.84. The van der Waals surface area contributed by atoms with E-state index in [4.69, 9.17) is 5.73 Å². The SMILES string of the molecule is CCCC(=O)[C@@H](N)CC(C)(C)C. The van der Waals surface area contributed by atoms with Gasteiger partial charge < -0.3 is 5.73 Å². The maximum atomic E-state index is 11.3. The van der Waals surface area contributed by atoms with Gasteiger partial charge in [-0.2, -0.15) is 0 Å². The first-order valence-electron chi connectivity index (χ1n) is 4.65. The minimum absolute atomic E-state index is 0.156.